The molecule has 0 aliphatic carbocycles. The maximum atomic E-state index is 12.2. The first-order chi connectivity index (χ1) is 16.9. The molecule has 4 aromatic carbocycles. The minimum atomic E-state index is -0.292. The molecule has 174 valence electrons. The van der Waals surface area contributed by atoms with Crippen molar-refractivity contribution in [2.45, 2.75) is 23.6 Å². The van der Waals surface area contributed by atoms with Crippen molar-refractivity contribution in [2.24, 2.45) is 0 Å². The standard InChI is InChI=1S/C27H23N5O2S/c1-17-14-18(2)26(33)25(15-17)32-30-23-13-12-22(16-24(23)31-32)35-21-10-8-20(9-11-21)29-27(34)28-19-6-4-3-5-7-19/h3-16,33H,1-2H3,(H2,28,29,34). The van der Waals surface area contributed by atoms with E-state index >= 15 is 0 Å². The van der Waals surface area contributed by atoms with Crippen molar-refractivity contribution in [1.82, 2.24) is 15.0 Å². The van der Waals surface area contributed by atoms with E-state index in [1.54, 1.807) is 11.8 Å². The average molecular weight is 482 g/mol. The highest BCUT2D eigenvalue weighted by Gasteiger charge is 2.12. The number of para-hydroxylation sites is 1. The van der Waals surface area contributed by atoms with Gasteiger partial charge in [-0.15, -0.1) is 15.0 Å². The number of carbonyl (C=O) groups excluding carboxylic acids is 1. The maximum Gasteiger partial charge on any atom is 0.323 e. The van der Waals surface area contributed by atoms with E-state index in [0.717, 1.165) is 37.6 Å². The minimum Gasteiger partial charge on any atom is -0.505 e. The van der Waals surface area contributed by atoms with Gasteiger partial charge in [0.05, 0.1) is 0 Å². The van der Waals surface area contributed by atoms with Crippen LogP contribution < -0.4 is 10.6 Å². The van der Waals surface area contributed by atoms with Crippen LogP contribution in [-0.2, 0) is 0 Å². The number of benzene rings is 4. The lowest BCUT2D eigenvalue weighted by atomic mass is 10.1. The van der Waals surface area contributed by atoms with Crippen LogP contribution in [-0.4, -0.2) is 26.1 Å². The molecule has 0 atom stereocenters. The van der Waals surface area contributed by atoms with Crippen molar-refractivity contribution in [3.8, 4) is 11.4 Å². The Bertz CT molecular complexity index is 1510. The predicted molar refractivity (Wildman–Crippen MR) is 140 cm³/mol. The topological polar surface area (TPSA) is 92.1 Å². The zero-order valence-corrected chi connectivity index (χ0v) is 20.0. The van der Waals surface area contributed by atoms with Crippen LogP contribution in [0.5, 0.6) is 5.75 Å². The lowest BCUT2D eigenvalue weighted by Crippen LogP contribution is -2.19. The third-order valence-corrected chi connectivity index (χ3v) is 6.37. The van der Waals surface area contributed by atoms with Gasteiger partial charge in [0.15, 0.2) is 0 Å². The maximum absolute atomic E-state index is 12.2. The van der Waals surface area contributed by atoms with E-state index in [2.05, 4.69) is 20.8 Å². The fraction of sp³-hybridized carbons (Fsp3) is 0.0741. The summed E-state index contributed by atoms with van der Waals surface area (Å²) >= 11 is 1.59. The van der Waals surface area contributed by atoms with Crippen LogP contribution in [0.2, 0.25) is 0 Å². The Morgan fingerprint density at radius 1 is 0.800 bits per heavy atom. The molecule has 0 unspecified atom stereocenters. The first-order valence-electron chi connectivity index (χ1n) is 11.0. The summed E-state index contributed by atoms with van der Waals surface area (Å²) in [5.74, 6) is 0.177. The van der Waals surface area contributed by atoms with Crippen molar-refractivity contribution in [2.75, 3.05) is 10.6 Å². The molecule has 0 aliphatic heterocycles. The SMILES string of the molecule is Cc1cc(C)c(O)c(-n2nc3ccc(Sc4ccc(NC(=O)Nc5ccccc5)cc4)cc3n2)c1. The number of nitrogens with zero attached hydrogens (tertiary/aromatic N) is 3. The van der Waals surface area contributed by atoms with Crippen molar-refractivity contribution >= 4 is 40.2 Å². The second kappa shape index (κ2) is 9.52. The number of nitrogens with one attached hydrogen (secondary N) is 2. The number of urea groups is 1. The smallest absolute Gasteiger partial charge is 0.323 e. The molecule has 0 saturated carbocycles. The summed E-state index contributed by atoms with van der Waals surface area (Å²) < 4.78 is 0. The normalized spacial score (nSPS) is 10.9. The molecule has 1 aromatic heterocycles. The third-order valence-electron chi connectivity index (χ3n) is 5.37. The summed E-state index contributed by atoms with van der Waals surface area (Å²) in [5.41, 5.74) is 5.30. The Balaban J connectivity index is 1.28. The molecular formula is C27H23N5O2S. The largest absolute Gasteiger partial charge is 0.505 e. The Kier molecular flexibility index (Phi) is 6.12. The van der Waals surface area contributed by atoms with Gasteiger partial charge in [-0.25, -0.2) is 4.79 Å². The number of hydrogen-bond acceptors (Lipinski definition) is 5. The summed E-state index contributed by atoms with van der Waals surface area (Å²) in [5, 5.41) is 25.2. The average Bonchev–Trinajstić information content (AvgIpc) is 3.26. The number of aromatic nitrogens is 3. The van der Waals surface area contributed by atoms with Crippen molar-refractivity contribution in [3.05, 3.63) is 96.1 Å². The molecule has 0 aliphatic rings. The highest BCUT2D eigenvalue weighted by Crippen LogP contribution is 2.31. The number of fused-ring (bicyclic) bond motifs is 1. The first-order valence-corrected chi connectivity index (χ1v) is 11.8. The van der Waals surface area contributed by atoms with Gasteiger partial charge in [-0.1, -0.05) is 36.0 Å². The summed E-state index contributed by atoms with van der Waals surface area (Å²) in [6.07, 6.45) is 0. The molecule has 5 aromatic rings. The molecule has 0 saturated heterocycles. The minimum absolute atomic E-state index is 0.177. The number of amides is 2. The predicted octanol–water partition coefficient (Wildman–Crippen LogP) is 6.54. The molecule has 0 fully saturated rings. The van der Waals surface area contributed by atoms with Crippen LogP contribution >= 0.6 is 11.8 Å². The van der Waals surface area contributed by atoms with E-state index in [1.807, 2.05) is 98.8 Å². The number of hydrogen-bond donors (Lipinski definition) is 3. The monoisotopic (exact) mass is 481 g/mol. The molecule has 5 rings (SSSR count). The summed E-state index contributed by atoms with van der Waals surface area (Å²) in [7, 11) is 0. The highest BCUT2D eigenvalue weighted by molar-refractivity contribution is 7.99. The van der Waals surface area contributed by atoms with Crippen molar-refractivity contribution < 1.29 is 9.90 Å². The fourth-order valence-corrected chi connectivity index (χ4v) is 4.56. The third kappa shape index (κ3) is 5.12. The molecule has 0 bridgehead atoms. The fourth-order valence-electron chi connectivity index (χ4n) is 3.71. The zero-order chi connectivity index (χ0) is 24.4. The van der Waals surface area contributed by atoms with Crippen LogP contribution in [0.3, 0.4) is 0 Å². The van der Waals surface area contributed by atoms with E-state index < -0.39 is 0 Å². The number of phenolic OH excluding ortho intramolecular Hbond substituents is 1. The van der Waals surface area contributed by atoms with Crippen LogP contribution in [0.1, 0.15) is 11.1 Å². The second-order valence-electron chi connectivity index (χ2n) is 8.16. The molecule has 2 amide bonds. The van der Waals surface area contributed by atoms with Gasteiger partial charge in [0.1, 0.15) is 22.5 Å². The molecular weight excluding hydrogens is 458 g/mol. The Morgan fingerprint density at radius 3 is 2.20 bits per heavy atom. The summed E-state index contributed by atoms with van der Waals surface area (Å²) in [6.45, 7) is 3.84. The molecule has 0 spiro atoms. The molecule has 7 nitrogen and oxygen atoms in total. The van der Waals surface area contributed by atoms with E-state index in [-0.39, 0.29) is 11.8 Å². The van der Waals surface area contributed by atoms with E-state index in [0.29, 0.717) is 11.4 Å². The zero-order valence-electron chi connectivity index (χ0n) is 19.2. The molecule has 1 heterocycles. The lowest BCUT2D eigenvalue weighted by Gasteiger charge is -2.08. The van der Waals surface area contributed by atoms with Gasteiger partial charge >= 0.3 is 6.03 Å². The summed E-state index contributed by atoms with van der Waals surface area (Å²) in [4.78, 5) is 15.7. The van der Waals surface area contributed by atoms with Crippen LogP contribution in [0.15, 0.2) is 94.7 Å². The van der Waals surface area contributed by atoms with Gasteiger partial charge in [-0.05, 0) is 85.6 Å². The van der Waals surface area contributed by atoms with Gasteiger partial charge in [-0.3, -0.25) is 0 Å². The Hall–Kier alpha value is -4.30. The second-order valence-corrected chi connectivity index (χ2v) is 9.31. The number of aryl methyl sites for hydroxylation is 2. The van der Waals surface area contributed by atoms with Gasteiger partial charge in [0, 0.05) is 21.2 Å². The highest BCUT2D eigenvalue weighted by atomic mass is 32.2. The van der Waals surface area contributed by atoms with Crippen LogP contribution in [0, 0.1) is 13.8 Å². The first kappa shape index (κ1) is 22.5. The van der Waals surface area contributed by atoms with Crippen molar-refractivity contribution in [3.63, 3.8) is 0 Å². The van der Waals surface area contributed by atoms with Gasteiger partial charge in [-0.2, -0.15) is 0 Å². The molecule has 8 heteroatoms. The number of aromatic hydroxyl groups is 1. The summed E-state index contributed by atoms with van der Waals surface area (Å²) in [6, 6.07) is 26.3. The lowest BCUT2D eigenvalue weighted by molar-refractivity contribution is 0.262. The molecule has 3 N–H and O–H groups in total. The van der Waals surface area contributed by atoms with Crippen molar-refractivity contribution in [1.29, 1.82) is 0 Å². The van der Waals surface area contributed by atoms with Crippen LogP contribution in [0.25, 0.3) is 16.7 Å². The number of anilines is 2. The number of carbonyl (C=O) groups is 1. The quantitative estimate of drug-likeness (QED) is 0.265. The molecule has 0 radical (unpaired) electrons. The van der Waals surface area contributed by atoms with Crippen LogP contribution in [0.4, 0.5) is 16.2 Å². The number of rotatable bonds is 5. The van der Waals surface area contributed by atoms with E-state index in [4.69, 9.17) is 0 Å². The Morgan fingerprint density at radius 2 is 1.46 bits per heavy atom. The molecule has 35 heavy (non-hydrogen) atoms. The van der Waals surface area contributed by atoms with E-state index in [9.17, 15) is 9.90 Å². The van der Waals surface area contributed by atoms with Gasteiger partial charge in [0.2, 0.25) is 0 Å². The number of phenols is 1. The van der Waals surface area contributed by atoms with E-state index in [1.165, 1.54) is 4.80 Å². The Labute approximate surface area is 206 Å². The van der Waals surface area contributed by atoms with Gasteiger partial charge < -0.3 is 15.7 Å². The van der Waals surface area contributed by atoms with Gasteiger partial charge in [0.25, 0.3) is 0 Å².